The maximum absolute atomic E-state index is 12.4. The van der Waals surface area contributed by atoms with Gasteiger partial charge in [0.1, 0.15) is 38.6 Å². The van der Waals surface area contributed by atoms with Crippen molar-refractivity contribution in [1.29, 1.82) is 0 Å². The Bertz CT molecular complexity index is 1260. The molecule has 0 spiro atoms. The summed E-state index contributed by atoms with van der Waals surface area (Å²) >= 11 is 0. The molecule has 2 fully saturated rings. The molecule has 0 aromatic heterocycles. The zero-order valence-corrected chi connectivity index (χ0v) is 34.4. The van der Waals surface area contributed by atoms with Gasteiger partial charge in [-0.05, 0) is 80.1 Å². The van der Waals surface area contributed by atoms with Gasteiger partial charge < -0.3 is 49.2 Å². The third-order valence-electron chi connectivity index (χ3n) is 9.68. The number of nitrogens with zero attached hydrogens (tertiary/aromatic N) is 2. The highest BCUT2D eigenvalue weighted by molar-refractivity contribution is 5.87. The fraction of sp³-hybridized carbons (Fsp3) is 0.822. The standard InChI is InChI=1S/C20H35NO7.C10H15NO3.C9H18O4.6CH4/c1-5-20(4,18(26)28-14-15(23)13-22)9-8-19(2,3)17(25)27-12-11-21-10-6-7-16(21)24;1-8(2)10(13)14-7-6-11-5-3-4-9(11)12;1-4-9(2,3)8(12)13-6-7(11)5-10;;;;;;/h15,22-23H,5-14H2,1-4H3;1,3-7H2,2H3;7,10-11H,4-6H2,1-3H3;6*1H4. The Balaban J connectivity index is -0.000000151. The Kier molecular flexibility index (Phi) is 42.4. The van der Waals surface area contributed by atoms with Gasteiger partial charge in [0, 0.05) is 31.5 Å². The van der Waals surface area contributed by atoms with Crippen molar-refractivity contribution >= 4 is 35.7 Å². The average Bonchev–Trinajstić information content (AvgIpc) is 3.77. The number of carbonyl (C=O) groups excluding carboxylic acids is 6. The Labute approximate surface area is 370 Å². The first-order valence-corrected chi connectivity index (χ1v) is 19.1. The van der Waals surface area contributed by atoms with Crippen LogP contribution in [-0.2, 0) is 47.7 Å². The SMILES string of the molecule is C.C.C.C.C.C.C=C(C)C(=O)OCCN1CCCC1=O.CCC(C)(C)C(=O)OCC(O)CO.CCC(C)(CCC(C)(C)C(=O)OCCN1CCCC1=O)C(=O)OCC(O)CO. The van der Waals surface area contributed by atoms with Gasteiger partial charge in [-0.2, -0.15) is 0 Å². The first-order chi connectivity index (χ1) is 25.6. The second-order valence-corrected chi connectivity index (χ2v) is 15.4. The highest BCUT2D eigenvalue weighted by Gasteiger charge is 2.38. The molecule has 0 bridgehead atoms. The largest absolute Gasteiger partial charge is 0.463 e. The highest BCUT2D eigenvalue weighted by atomic mass is 16.6. The van der Waals surface area contributed by atoms with Crippen molar-refractivity contribution in [2.45, 2.75) is 164 Å². The molecule has 4 N–H and O–H groups in total. The summed E-state index contributed by atoms with van der Waals surface area (Å²) in [6, 6.07) is 0. The van der Waals surface area contributed by atoms with E-state index in [-0.39, 0.29) is 101 Å². The predicted octanol–water partition coefficient (Wildman–Crippen LogP) is 6.13. The number of esters is 4. The van der Waals surface area contributed by atoms with Gasteiger partial charge in [-0.1, -0.05) is 65.0 Å². The van der Waals surface area contributed by atoms with Crippen molar-refractivity contribution in [1.82, 2.24) is 9.80 Å². The van der Waals surface area contributed by atoms with E-state index in [9.17, 15) is 33.9 Å². The topological polar surface area (TPSA) is 227 Å². The van der Waals surface area contributed by atoms with Crippen molar-refractivity contribution in [3.63, 3.8) is 0 Å². The number of hydrogen-bond donors (Lipinski definition) is 4. The summed E-state index contributed by atoms with van der Waals surface area (Å²) in [5.41, 5.74) is -1.71. The number of ether oxygens (including phenoxy) is 4. The summed E-state index contributed by atoms with van der Waals surface area (Å²) < 4.78 is 20.1. The Morgan fingerprint density at radius 1 is 0.639 bits per heavy atom. The van der Waals surface area contributed by atoms with E-state index in [2.05, 4.69) is 6.58 Å². The molecular formula is C45H92N2O14. The Morgan fingerprint density at radius 2 is 1.03 bits per heavy atom. The molecule has 0 aliphatic carbocycles. The van der Waals surface area contributed by atoms with E-state index in [0.717, 1.165) is 19.4 Å². The molecular weight excluding hydrogens is 792 g/mol. The molecule has 16 heteroatoms. The van der Waals surface area contributed by atoms with Crippen LogP contribution in [0.25, 0.3) is 0 Å². The van der Waals surface area contributed by atoms with E-state index in [4.69, 9.17) is 34.3 Å². The molecule has 2 rings (SSSR count). The molecule has 2 saturated heterocycles. The van der Waals surface area contributed by atoms with E-state index < -0.39 is 47.0 Å². The van der Waals surface area contributed by atoms with Gasteiger partial charge >= 0.3 is 23.9 Å². The van der Waals surface area contributed by atoms with Crippen LogP contribution in [-0.4, -0.2) is 144 Å². The molecule has 61 heavy (non-hydrogen) atoms. The zero-order chi connectivity index (χ0) is 42.4. The summed E-state index contributed by atoms with van der Waals surface area (Å²) in [5.74, 6) is -1.31. The smallest absolute Gasteiger partial charge is 0.333 e. The van der Waals surface area contributed by atoms with Crippen molar-refractivity contribution in [2.75, 3.05) is 65.8 Å². The summed E-state index contributed by atoms with van der Waals surface area (Å²) in [6.07, 6.45) is 2.91. The third kappa shape index (κ3) is 27.9. The molecule has 2 amide bonds. The lowest BCUT2D eigenvalue weighted by Crippen LogP contribution is -2.36. The van der Waals surface area contributed by atoms with Gasteiger partial charge in [-0.15, -0.1) is 0 Å². The fourth-order valence-corrected chi connectivity index (χ4v) is 4.77. The van der Waals surface area contributed by atoms with Gasteiger partial charge in [0.25, 0.3) is 0 Å². The molecule has 2 aliphatic heterocycles. The molecule has 0 saturated carbocycles. The lowest BCUT2D eigenvalue weighted by atomic mass is 9.76. The average molecular weight is 885 g/mol. The van der Waals surface area contributed by atoms with Gasteiger partial charge in [-0.25, -0.2) is 4.79 Å². The second-order valence-electron chi connectivity index (χ2n) is 15.4. The number of amides is 2. The molecule has 2 aliphatic rings. The van der Waals surface area contributed by atoms with Crippen LogP contribution in [0.4, 0.5) is 0 Å². The van der Waals surface area contributed by atoms with Crippen LogP contribution < -0.4 is 0 Å². The fourth-order valence-electron chi connectivity index (χ4n) is 4.77. The van der Waals surface area contributed by atoms with Crippen molar-refractivity contribution in [3.8, 4) is 0 Å². The van der Waals surface area contributed by atoms with E-state index in [1.54, 1.807) is 51.3 Å². The maximum Gasteiger partial charge on any atom is 0.333 e. The van der Waals surface area contributed by atoms with Crippen LogP contribution >= 0.6 is 0 Å². The van der Waals surface area contributed by atoms with Crippen molar-refractivity contribution in [3.05, 3.63) is 12.2 Å². The normalized spacial score (nSPS) is 14.8. The van der Waals surface area contributed by atoms with Gasteiger partial charge in [-0.3, -0.25) is 24.0 Å². The van der Waals surface area contributed by atoms with Gasteiger partial charge in [0.15, 0.2) is 0 Å². The molecule has 0 aromatic carbocycles. The summed E-state index contributed by atoms with van der Waals surface area (Å²) in [5, 5.41) is 35.5. The third-order valence-corrected chi connectivity index (χ3v) is 9.68. The zero-order valence-electron chi connectivity index (χ0n) is 34.4. The van der Waals surface area contributed by atoms with E-state index in [0.29, 0.717) is 63.7 Å². The number of carbonyl (C=O) groups is 6. The molecule has 3 atom stereocenters. The van der Waals surface area contributed by atoms with Crippen LogP contribution in [0, 0.1) is 16.2 Å². The monoisotopic (exact) mass is 885 g/mol. The molecule has 2 heterocycles. The minimum absolute atomic E-state index is 0. The Morgan fingerprint density at radius 3 is 1.38 bits per heavy atom. The van der Waals surface area contributed by atoms with Crippen LogP contribution in [0.15, 0.2) is 12.2 Å². The quantitative estimate of drug-likeness (QED) is 0.0578. The summed E-state index contributed by atoms with van der Waals surface area (Å²) in [7, 11) is 0. The van der Waals surface area contributed by atoms with Crippen molar-refractivity contribution < 1.29 is 68.1 Å². The minimum Gasteiger partial charge on any atom is -0.463 e. The molecule has 366 valence electrons. The predicted molar refractivity (Wildman–Crippen MR) is 242 cm³/mol. The highest BCUT2D eigenvalue weighted by Crippen LogP contribution is 2.35. The van der Waals surface area contributed by atoms with E-state index >= 15 is 0 Å². The maximum atomic E-state index is 12.4. The second kappa shape index (κ2) is 35.9. The van der Waals surface area contributed by atoms with Crippen LogP contribution in [0.2, 0.25) is 0 Å². The number of aliphatic hydroxyl groups excluding tert-OH is 4. The van der Waals surface area contributed by atoms with Crippen LogP contribution in [0.1, 0.15) is 151 Å². The lowest BCUT2D eigenvalue weighted by Gasteiger charge is -2.30. The number of hydrogen-bond acceptors (Lipinski definition) is 14. The molecule has 0 radical (unpaired) electrons. The summed E-state index contributed by atoms with van der Waals surface area (Å²) in [6.45, 7) is 19.3. The Hall–Kier alpha value is -3.60. The van der Waals surface area contributed by atoms with E-state index in [1.807, 2.05) is 13.8 Å². The molecule has 0 aromatic rings. The number of likely N-dealkylation sites (tertiary alicyclic amines) is 2. The first-order valence-electron chi connectivity index (χ1n) is 19.1. The number of rotatable bonds is 21. The first kappa shape index (κ1) is 71.9. The molecule has 3 unspecified atom stereocenters. The van der Waals surface area contributed by atoms with Gasteiger partial charge in [0.05, 0.1) is 42.5 Å². The number of aliphatic hydroxyl groups is 4. The molecule has 16 nitrogen and oxygen atoms in total. The van der Waals surface area contributed by atoms with Crippen LogP contribution in [0.5, 0.6) is 0 Å². The minimum atomic E-state index is -1.10. The van der Waals surface area contributed by atoms with Crippen LogP contribution in [0.3, 0.4) is 0 Å². The van der Waals surface area contributed by atoms with E-state index in [1.165, 1.54) is 0 Å². The lowest BCUT2D eigenvalue weighted by molar-refractivity contribution is -0.162. The van der Waals surface area contributed by atoms with Crippen molar-refractivity contribution in [2.24, 2.45) is 16.2 Å². The van der Waals surface area contributed by atoms with Gasteiger partial charge in [0.2, 0.25) is 11.8 Å². The summed E-state index contributed by atoms with van der Waals surface area (Å²) in [4.78, 5) is 73.3.